The third-order valence-electron chi connectivity index (χ3n) is 2.33. The average Bonchev–Trinajstić information content (AvgIpc) is 2.37. The fourth-order valence-electron chi connectivity index (χ4n) is 1.42. The van der Waals surface area contributed by atoms with E-state index in [0.717, 1.165) is 19.3 Å². The molecule has 0 aliphatic carbocycles. The van der Waals surface area contributed by atoms with Crippen LogP contribution in [0.3, 0.4) is 0 Å². The van der Waals surface area contributed by atoms with Crippen LogP contribution >= 0.6 is 0 Å². The summed E-state index contributed by atoms with van der Waals surface area (Å²) >= 11 is 0. The Labute approximate surface area is 153 Å². The molecule has 22 heavy (non-hydrogen) atoms. The zero-order chi connectivity index (χ0) is 15.8. The van der Waals surface area contributed by atoms with Gasteiger partial charge in [0.25, 0.3) is 0 Å². The Hall–Kier alpha value is -0.160. The van der Waals surface area contributed by atoms with Crippen LogP contribution in [0, 0.1) is 0 Å². The van der Waals surface area contributed by atoms with Gasteiger partial charge >= 0.3 is 50.4 Å². The van der Waals surface area contributed by atoms with Crippen LogP contribution < -0.4 is 4.18 Å². The molecule has 0 amide bonds. The maximum absolute atomic E-state index is 11.4. The summed E-state index contributed by atoms with van der Waals surface area (Å²) in [7, 11) is -9.41. The SMILES string of the molecule is CCCCCCOS(=O)(=O)OS(=O)(=O)Oc1ccccc1.[NaH]. The molecule has 1 aromatic carbocycles. The first-order valence-corrected chi connectivity index (χ1v) is 9.11. The summed E-state index contributed by atoms with van der Waals surface area (Å²) in [6, 6.07) is 7.40. The first-order valence-electron chi connectivity index (χ1n) is 6.44. The molecule has 0 saturated heterocycles. The van der Waals surface area contributed by atoms with Gasteiger partial charge in [0.15, 0.2) is 0 Å². The van der Waals surface area contributed by atoms with Gasteiger partial charge in [-0.3, -0.25) is 0 Å². The Balaban J connectivity index is 0.00000441. The molecule has 0 N–H and O–H groups in total. The van der Waals surface area contributed by atoms with Crippen molar-refractivity contribution in [2.45, 2.75) is 32.6 Å². The summed E-state index contributed by atoms with van der Waals surface area (Å²) in [5, 5.41) is 0. The van der Waals surface area contributed by atoms with E-state index in [1.54, 1.807) is 6.07 Å². The molecule has 0 aliphatic rings. The number of hydrogen-bond acceptors (Lipinski definition) is 7. The Kier molecular flexibility index (Phi) is 10.5. The number of benzene rings is 1. The summed E-state index contributed by atoms with van der Waals surface area (Å²) < 4.78 is 58.5. The minimum atomic E-state index is -4.75. The van der Waals surface area contributed by atoms with E-state index >= 15 is 0 Å². The zero-order valence-corrected chi connectivity index (χ0v) is 13.2. The first kappa shape index (κ1) is 21.8. The average molecular weight is 362 g/mol. The number of unbranched alkanes of at least 4 members (excludes halogenated alkanes) is 3. The van der Waals surface area contributed by atoms with Gasteiger partial charge in [0.05, 0.1) is 6.61 Å². The minimum absolute atomic E-state index is 0. The van der Waals surface area contributed by atoms with Crippen LogP contribution in [-0.2, 0) is 28.6 Å². The van der Waals surface area contributed by atoms with E-state index in [1.807, 2.05) is 6.92 Å². The van der Waals surface area contributed by atoms with Gasteiger partial charge < -0.3 is 4.18 Å². The summed E-state index contributed by atoms with van der Waals surface area (Å²) in [6.45, 7) is 1.87. The van der Waals surface area contributed by atoms with E-state index in [9.17, 15) is 16.8 Å². The van der Waals surface area contributed by atoms with Crippen molar-refractivity contribution < 1.29 is 28.8 Å². The molecule has 0 unspecified atom stereocenters. The Bertz CT molecular complexity index is 614. The molecular weight excluding hydrogens is 343 g/mol. The molecule has 0 fully saturated rings. The van der Waals surface area contributed by atoms with Crippen molar-refractivity contribution >= 4 is 50.4 Å². The Morgan fingerprint density at radius 3 is 2.14 bits per heavy atom. The van der Waals surface area contributed by atoms with E-state index in [2.05, 4.69) is 12.0 Å². The molecule has 0 radical (unpaired) electrons. The quantitative estimate of drug-likeness (QED) is 0.460. The summed E-state index contributed by atoms with van der Waals surface area (Å²) in [5.74, 6) is -0.0596. The molecule has 0 bridgehead atoms. The van der Waals surface area contributed by atoms with Crippen molar-refractivity contribution in [1.29, 1.82) is 0 Å². The van der Waals surface area contributed by atoms with Crippen LogP contribution in [0.25, 0.3) is 0 Å². The molecule has 0 spiro atoms. The third-order valence-corrected chi connectivity index (χ3v) is 4.52. The second kappa shape index (κ2) is 10.6. The van der Waals surface area contributed by atoms with Gasteiger partial charge in [-0.25, -0.2) is 4.18 Å². The van der Waals surface area contributed by atoms with Gasteiger partial charge in [-0.15, -0.1) is 0 Å². The van der Waals surface area contributed by atoms with Crippen molar-refractivity contribution in [3.63, 3.8) is 0 Å². The van der Waals surface area contributed by atoms with E-state index in [1.165, 1.54) is 24.3 Å². The van der Waals surface area contributed by atoms with E-state index in [4.69, 9.17) is 0 Å². The monoisotopic (exact) mass is 362 g/mol. The topological polar surface area (TPSA) is 96.0 Å². The Morgan fingerprint density at radius 2 is 1.55 bits per heavy atom. The summed E-state index contributed by atoms with van der Waals surface area (Å²) in [6.07, 6.45) is 3.22. The fourth-order valence-corrected chi connectivity index (χ4v) is 3.17. The second-order valence-corrected chi connectivity index (χ2v) is 6.74. The van der Waals surface area contributed by atoms with Crippen LogP contribution in [-0.4, -0.2) is 53.0 Å². The molecule has 0 heterocycles. The normalized spacial score (nSPS) is 11.7. The van der Waals surface area contributed by atoms with Crippen molar-refractivity contribution in [2.24, 2.45) is 0 Å². The molecular formula is C12H19NaO7S2. The molecule has 1 rings (SSSR count). The molecule has 0 atom stereocenters. The molecule has 0 aromatic heterocycles. The predicted molar refractivity (Wildman–Crippen MR) is 83.2 cm³/mol. The third kappa shape index (κ3) is 9.78. The van der Waals surface area contributed by atoms with Crippen molar-refractivity contribution in [2.75, 3.05) is 6.61 Å². The van der Waals surface area contributed by atoms with E-state index < -0.39 is 20.8 Å². The van der Waals surface area contributed by atoms with Crippen LogP contribution in [0.4, 0.5) is 0 Å². The standard InChI is InChI=1S/C12H18O7S2.Na.H/c1-2-3-4-8-11-17-20(13,14)19-21(15,16)18-12-9-6-5-7-10-12;;/h5-7,9-10H,2-4,8,11H2,1H3;;. The van der Waals surface area contributed by atoms with Gasteiger partial charge in [0.1, 0.15) is 5.75 Å². The second-order valence-electron chi connectivity index (χ2n) is 4.16. The van der Waals surface area contributed by atoms with Crippen molar-refractivity contribution in [1.82, 2.24) is 0 Å². The van der Waals surface area contributed by atoms with Crippen LogP contribution in [0.5, 0.6) is 5.75 Å². The van der Waals surface area contributed by atoms with Gasteiger partial charge in [-0.1, -0.05) is 48.0 Å². The van der Waals surface area contributed by atoms with Gasteiger partial charge in [-0.2, -0.15) is 16.8 Å². The summed E-state index contributed by atoms with van der Waals surface area (Å²) in [5.41, 5.74) is 0. The number of hydrogen-bond donors (Lipinski definition) is 0. The number of para-hydroxylation sites is 1. The predicted octanol–water partition coefficient (Wildman–Crippen LogP) is 1.52. The van der Waals surface area contributed by atoms with E-state index in [-0.39, 0.29) is 41.9 Å². The van der Waals surface area contributed by atoms with Gasteiger partial charge in [-0.05, 0) is 18.6 Å². The first-order chi connectivity index (χ1) is 9.85. The van der Waals surface area contributed by atoms with E-state index in [0.29, 0.717) is 6.42 Å². The molecule has 122 valence electrons. The molecule has 0 aliphatic heterocycles. The van der Waals surface area contributed by atoms with Gasteiger partial charge in [0.2, 0.25) is 0 Å². The Morgan fingerprint density at radius 1 is 0.909 bits per heavy atom. The zero-order valence-electron chi connectivity index (χ0n) is 11.6. The fraction of sp³-hybridized carbons (Fsp3) is 0.500. The van der Waals surface area contributed by atoms with Crippen molar-refractivity contribution in [3.8, 4) is 5.75 Å². The maximum atomic E-state index is 11.4. The molecule has 1 aromatic rings. The summed E-state index contributed by atoms with van der Waals surface area (Å²) in [4.78, 5) is 0. The van der Waals surface area contributed by atoms with Gasteiger partial charge in [0, 0.05) is 0 Å². The number of rotatable bonds is 10. The van der Waals surface area contributed by atoms with Crippen LogP contribution in [0.15, 0.2) is 30.3 Å². The molecule has 10 heteroatoms. The molecule has 0 saturated carbocycles. The van der Waals surface area contributed by atoms with Crippen molar-refractivity contribution in [3.05, 3.63) is 30.3 Å². The van der Waals surface area contributed by atoms with Crippen LogP contribution in [0.2, 0.25) is 0 Å². The molecule has 7 nitrogen and oxygen atoms in total. The van der Waals surface area contributed by atoms with Crippen LogP contribution in [0.1, 0.15) is 32.6 Å².